The van der Waals surface area contributed by atoms with Crippen LogP contribution < -0.4 is 9.80 Å². The van der Waals surface area contributed by atoms with Crippen LogP contribution in [0.5, 0.6) is 0 Å². The van der Waals surface area contributed by atoms with E-state index in [0.717, 1.165) is 36.6 Å². The number of aryl methyl sites for hydroxylation is 2. The number of nitrogens with one attached hydrogen (secondary N) is 1. The number of carbonyl (C=O) groups excluding carboxylic acids is 1. The second kappa shape index (κ2) is 8.72. The summed E-state index contributed by atoms with van der Waals surface area (Å²) >= 11 is 1.71. The van der Waals surface area contributed by atoms with Crippen LogP contribution in [0.15, 0.2) is 30.3 Å². The lowest BCUT2D eigenvalue weighted by Crippen LogP contribution is -3.16. The van der Waals surface area contributed by atoms with Gasteiger partial charge in [-0.15, -0.1) is 11.3 Å². The Bertz CT molecular complexity index is 774. The molecule has 1 N–H and O–H groups in total. The number of aromatic nitrogens is 1. The number of nitrogens with zero attached hydrogens (tertiary/aromatic N) is 2. The third kappa shape index (κ3) is 4.62. The summed E-state index contributed by atoms with van der Waals surface area (Å²) in [6.45, 7) is 7.02. The molecule has 0 saturated carbocycles. The molecule has 2 heterocycles. The largest absolute Gasteiger partial charge is 0.364 e. The fourth-order valence-corrected chi connectivity index (χ4v) is 5.49. The van der Waals surface area contributed by atoms with Gasteiger partial charge < -0.3 is 9.64 Å². The predicted octanol–water partition coefficient (Wildman–Crippen LogP) is 2.25. The van der Waals surface area contributed by atoms with E-state index in [4.69, 9.17) is 9.72 Å². The molecule has 1 aliphatic carbocycles. The first-order chi connectivity index (χ1) is 13.6. The molecule has 0 bridgehead atoms. The van der Waals surface area contributed by atoms with Crippen LogP contribution in [0, 0.1) is 0 Å². The Morgan fingerprint density at radius 1 is 1.18 bits per heavy atom. The first-order valence-electron chi connectivity index (χ1n) is 10.4. The van der Waals surface area contributed by atoms with Crippen LogP contribution in [0.1, 0.15) is 42.8 Å². The Morgan fingerprint density at radius 2 is 1.89 bits per heavy atom. The van der Waals surface area contributed by atoms with Gasteiger partial charge in [0.05, 0.1) is 12.2 Å². The molecule has 150 valence electrons. The van der Waals surface area contributed by atoms with Gasteiger partial charge in [0, 0.05) is 4.88 Å². The van der Waals surface area contributed by atoms with E-state index in [9.17, 15) is 4.79 Å². The lowest BCUT2D eigenvalue weighted by atomic mass is 10.0. The third-order valence-corrected chi connectivity index (χ3v) is 6.75. The van der Waals surface area contributed by atoms with Crippen molar-refractivity contribution in [2.45, 2.75) is 58.3 Å². The number of benzene rings is 1. The predicted molar refractivity (Wildman–Crippen MR) is 112 cm³/mol. The van der Waals surface area contributed by atoms with Crippen molar-refractivity contribution in [3.8, 4) is 0 Å². The number of hydrogen-bond acceptors (Lipinski definition) is 4. The van der Waals surface area contributed by atoms with Gasteiger partial charge >= 0.3 is 0 Å². The summed E-state index contributed by atoms with van der Waals surface area (Å²) in [7, 11) is 0. The molecule has 1 aromatic carbocycles. The molecule has 4 rings (SSSR count). The van der Waals surface area contributed by atoms with Gasteiger partial charge in [-0.3, -0.25) is 9.69 Å². The highest BCUT2D eigenvalue weighted by Crippen LogP contribution is 2.32. The van der Waals surface area contributed by atoms with Crippen molar-refractivity contribution >= 4 is 22.4 Å². The van der Waals surface area contributed by atoms with Crippen LogP contribution in [0.2, 0.25) is 0 Å². The van der Waals surface area contributed by atoms with Gasteiger partial charge in [0.2, 0.25) is 0 Å². The minimum Gasteiger partial charge on any atom is -0.364 e. The van der Waals surface area contributed by atoms with E-state index in [-0.39, 0.29) is 18.1 Å². The van der Waals surface area contributed by atoms with E-state index in [0.29, 0.717) is 13.1 Å². The monoisotopic (exact) mass is 400 g/mol. The van der Waals surface area contributed by atoms with Gasteiger partial charge in [-0.2, -0.15) is 0 Å². The molecule has 1 amide bonds. The number of thiazole rings is 1. The summed E-state index contributed by atoms with van der Waals surface area (Å²) in [6.07, 6.45) is 4.97. The van der Waals surface area contributed by atoms with Gasteiger partial charge in [0.25, 0.3) is 5.91 Å². The molecular formula is C22H30N3O2S+. The summed E-state index contributed by atoms with van der Waals surface area (Å²) in [5, 5.41) is 0.870. The number of fused-ring (bicyclic) bond motifs is 1. The maximum absolute atomic E-state index is 13.4. The van der Waals surface area contributed by atoms with Crippen LogP contribution in [-0.2, 0) is 28.9 Å². The number of ether oxygens (including phenoxy) is 1. The quantitative estimate of drug-likeness (QED) is 0.837. The molecule has 2 aliphatic rings. The number of morpholine rings is 1. The SMILES string of the molecule is C[C@@H]1C[NH+](CC(=O)N(Cc2ccccc2)c2nc3c(s2)CCCC3)C[C@H](C)O1. The molecule has 1 fully saturated rings. The first kappa shape index (κ1) is 19.6. The van der Waals surface area contributed by atoms with E-state index in [2.05, 4.69) is 26.0 Å². The molecule has 0 radical (unpaired) electrons. The molecule has 5 nitrogen and oxygen atoms in total. The minimum atomic E-state index is 0.159. The third-order valence-electron chi connectivity index (χ3n) is 5.57. The van der Waals surface area contributed by atoms with E-state index >= 15 is 0 Å². The van der Waals surface area contributed by atoms with Crippen LogP contribution in [0.25, 0.3) is 0 Å². The molecule has 1 saturated heterocycles. The van der Waals surface area contributed by atoms with Crippen LogP contribution in [0.4, 0.5) is 5.13 Å². The van der Waals surface area contributed by atoms with E-state index in [1.807, 2.05) is 23.1 Å². The minimum absolute atomic E-state index is 0.159. The zero-order chi connectivity index (χ0) is 19.5. The number of quaternary nitrogens is 1. The molecule has 6 heteroatoms. The van der Waals surface area contributed by atoms with Crippen molar-refractivity contribution in [3.63, 3.8) is 0 Å². The standard InChI is InChI=1S/C22H29N3O2S/c1-16-12-24(13-17(2)27-16)15-21(26)25(14-18-8-4-3-5-9-18)22-23-19-10-6-7-11-20(19)28-22/h3-5,8-9,16-17H,6-7,10-15H2,1-2H3/p+1/t16-,17+. The van der Waals surface area contributed by atoms with Gasteiger partial charge in [0.1, 0.15) is 25.3 Å². The van der Waals surface area contributed by atoms with Crippen molar-refractivity contribution < 1.29 is 14.4 Å². The van der Waals surface area contributed by atoms with Crippen molar-refractivity contribution in [2.75, 3.05) is 24.5 Å². The number of hydrogen-bond donors (Lipinski definition) is 1. The van der Waals surface area contributed by atoms with Gasteiger partial charge in [-0.25, -0.2) is 4.98 Å². The molecule has 1 unspecified atom stereocenters. The van der Waals surface area contributed by atoms with E-state index in [1.165, 1.54) is 28.3 Å². The number of anilines is 1. The van der Waals surface area contributed by atoms with E-state index < -0.39 is 0 Å². The van der Waals surface area contributed by atoms with Crippen molar-refractivity contribution in [1.29, 1.82) is 0 Å². The Kier molecular flexibility index (Phi) is 6.09. The average molecular weight is 401 g/mol. The average Bonchev–Trinajstić information content (AvgIpc) is 3.09. The molecule has 1 aromatic heterocycles. The molecule has 3 atom stereocenters. The van der Waals surface area contributed by atoms with Crippen LogP contribution in [-0.4, -0.2) is 42.7 Å². The van der Waals surface area contributed by atoms with Gasteiger partial charge in [-0.1, -0.05) is 30.3 Å². The Balaban J connectivity index is 1.55. The normalized spacial score (nSPS) is 24.6. The summed E-state index contributed by atoms with van der Waals surface area (Å²) in [6, 6.07) is 10.2. The molecule has 0 spiro atoms. The number of rotatable bonds is 5. The second-order valence-corrected chi connectivity index (χ2v) is 9.19. The highest BCUT2D eigenvalue weighted by atomic mass is 32.1. The summed E-state index contributed by atoms with van der Waals surface area (Å²) < 4.78 is 5.84. The van der Waals surface area contributed by atoms with Gasteiger partial charge in [0.15, 0.2) is 11.7 Å². The fourth-order valence-electron chi connectivity index (χ4n) is 4.33. The Morgan fingerprint density at radius 3 is 2.61 bits per heavy atom. The Hall–Kier alpha value is -1.76. The topological polar surface area (TPSA) is 46.9 Å². The first-order valence-corrected chi connectivity index (χ1v) is 11.2. The lowest BCUT2D eigenvalue weighted by Gasteiger charge is -2.33. The molecule has 2 aromatic rings. The van der Waals surface area contributed by atoms with E-state index in [1.54, 1.807) is 11.3 Å². The summed E-state index contributed by atoms with van der Waals surface area (Å²) in [5.74, 6) is 0.159. The summed E-state index contributed by atoms with van der Waals surface area (Å²) in [4.78, 5) is 22.8. The maximum Gasteiger partial charge on any atom is 0.284 e. The summed E-state index contributed by atoms with van der Waals surface area (Å²) in [5.41, 5.74) is 2.35. The lowest BCUT2D eigenvalue weighted by molar-refractivity contribution is -0.907. The van der Waals surface area contributed by atoms with Crippen molar-refractivity contribution in [3.05, 3.63) is 46.5 Å². The van der Waals surface area contributed by atoms with Crippen LogP contribution in [0.3, 0.4) is 0 Å². The Labute approximate surface area is 171 Å². The second-order valence-electron chi connectivity index (χ2n) is 8.13. The zero-order valence-corrected chi connectivity index (χ0v) is 17.6. The maximum atomic E-state index is 13.4. The fraction of sp³-hybridized carbons (Fsp3) is 0.545. The molecule has 1 aliphatic heterocycles. The smallest absolute Gasteiger partial charge is 0.284 e. The van der Waals surface area contributed by atoms with Crippen molar-refractivity contribution in [1.82, 2.24) is 4.98 Å². The molecular weight excluding hydrogens is 370 g/mol. The molecule has 28 heavy (non-hydrogen) atoms. The zero-order valence-electron chi connectivity index (χ0n) is 16.8. The highest BCUT2D eigenvalue weighted by Gasteiger charge is 2.31. The van der Waals surface area contributed by atoms with Crippen LogP contribution >= 0.6 is 11.3 Å². The number of amides is 1. The number of carbonyl (C=O) groups is 1. The van der Waals surface area contributed by atoms with Crippen molar-refractivity contribution in [2.24, 2.45) is 0 Å². The highest BCUT2D eigenvalue weighted by molar-refractivity contribution is 7.15. The van der Waals surface area contributed by atoms with Gasteiger partial charge in [-0.05, 0) is 45.1 Å².